The summed E-state index contributed by atoms with van der Waals surface area (Å²) in [6, 6.07) is 14.6. The molecule has 3 heterocycles. The smallest absolute Gasteiger partial charge is 0.282 e. The number of benzene rings is 2. The molecule has 0 spiro atoms. The van der Waals surface area contributed by atoms with Crippen LogP contribution in [0.25, 0.3) is 0 Å². The van der Waals surface area contributed by atoms with Crippen molar-refractivity contribution in [3.05, 3.63) is 77.2 Å². The van der Waals surface area contributed by atoms with Gasteiger partial charge in [0, 0.05) is 11.6 Å². The van der Waals surface area contributed by atoms with E-state index in [-0.39, 0.29) is 28.5 Å². The molecule has 1 saturated heterocycles. The number of piperidine rings is 1. The highest BCUT2D eigenvalue weighted by Gasteiger charge is 2.35. The lowest BCUT2D eigenvalue weighted by atomic mass is 10.0. The standard InChI is InChI=1S/C28H29FN4O4S/c1-18-15-23-24(17-25(18)38(35,36)32-27-11-6-10-26(29)31-27)37-28(34)33(23)19(2)21-8-5-7-20(16-21)12-13-22-9-3-4-14-30-22/h5-8,10-11,15-17,19,22,28,30,34H,3-4,9,14H2,1-2H3,(H,31,32)/t19-,22?,28?/m1/s1. The van der Waals surface area contributed by atoms with Crippen LogP contribution in [0.1, 0.15) is 48.9 Å². The van der Waals surface area contributed by atoms with Crippen LogP contribution in [0.2, 0.25) is 0 Å². The molecule has 0 amide bonds. The van der Waals surface area contributed by atoms with Gasteiger partial charge in [-0.15, -0.1) is 0 Å². The summed E-state index contributed by atoms with van der Waals surface area (Å²) in [5.74, 6) is 5.86. The molecule has 0 bridgehead atoms. The predicted molar refractivity (Wildman–Crippen MR) is 143 cm³/mol. The molecule has 0 radical (unpaired) electrons. The van der Waals surface area contributed by atoms with Crippen LogP contribution in [0, 0.1) is 24.7 Å². The number of hydrogen-bond donors (Lipinski definition) is 3. The Balaban J connectivity index is 1.40. The zero-order chi connectivity index (χ0) is 26.9. The number of halogens is 1. The van der Waals surface area contributed by atoms with E-state index in [0.29, 0.717) is 11.3 Å². The number of fused-ring (bicyclic) bond motifs is 1. The Labute approximate surface area is 221 Å². The molecule has 38 heavy (non-hydrogen) atoms. The molecule has 10 heteroatoms. The molecule has 198 valence electrons. The van der Waals surface area contributed by atoms with Crippen molar-refractivity contribution >= 4 is 21.5 Å². The van der Waals surface area contributed by atoms with Crippen LogP contribution < -0.4 is 19.7 Å². The van der Waals surface area contributed by atoms with E-state index < -0.39 is 22.4 Å². The summed E-state index contributed by atoms with van der Waals surface area (Å²) in [7, 11) is -4.09. The maximum Gasteiger partial charge on any atom is 0.282 e. The number of ether oxygens (including phenoxy) is 1. The van der Waals surface area contributed by atoms with Crippen LogP contribution in [0.4, 0.5) is 15.9 Å². The fraction of sp³-hybridized carbons (Fsp3) is 0.321. The topological polar surface area (TPSA) is 104 Å². The van der Waals surface area contributed by atoms with Crippen molar-refractivity contribution in [1.29, 1.82) is 0 Å². The van der Waals surface area contributed by atoms with Crippen molar-refractivity contribution in [2.45, 2.75) is 56.5 Å². The lowest BCUT2D eigenvalue weighted by Crippen LogP contribution is -2.36. The molecular weight excluding hydrogens is 507 g/mol. The summed E-state index contributed by atoms with van der Waals surface area (Å²) in [5.41, 5.74) is 2.80. The zero-order valence-corrected chi connectivity index (χ0v) is 21.9. The van der Waals surface area contributed by atoms with Gasteiger partial charge in [0.05, 0.1) is 22.7 Å². The van der Waals surface area contributed by atoms with Crippen LogP contribution in [0.3, 0.4) is 0 Å². The van der Waals surface area contributed by atoms with Crippen molar-refractivity contribution in [3.8, 4) is 17.6 Å². The molecule has 0 saturated carbocycles. The Hall–Kier alpha value is -3.65. The van der Waals surface area contributed by atoms with E-state index >= 15 is 0 Å². The number of aliphatic hydroxyl groups excluding tert-OH is 1. The first-order valence-electron chi connectivity index (χ1n) is 12.5. The molecule has 3 N–H and O–H groups in total. The van der Waals surface area contributed by atoms with Gasteiger partial charge in [-0.2, -0.15) is 4.39 Å². The van der Waals surface area contributed by atoms with Crippen LogP contribution in [-0.4, -0.2) is 37.5 Å². The van der Waals surface area contributed by atoms with Gasteiger partial charge in [0.1, 0.15) is 11.6 Å². The summed E-state index contributed by atoms with van der Waals surface area (Å²) in [4.78, 5) is 5.20. The highest BCUT2D eigenvalue weighted by molar-refractivity contribution is 7.92. The van der Waals surface area contributed by atoms with E-state index in [1.54, 1.807) is 17.9 Å². The lowest BCUT2D eigenvalue weighted by Gasteiger charge is -2.28. The average molecular weight is 537 g/mol. The highest BCUT2D eigenvalue weighted by Crippen LogP contribution is 2.44. The number of aliphatic hydroxyl groups is 1. The number of sulfonamides is 1. The van der Waals surface area contributed by atoms with Gasteiger partial charge in [0.2, 0.25) is 5.95 Å². The Kier molecular flexibility index (Phi) is 7.25. The first kappa shape index (κ1) is 26.0. The summed E-state index contributed by atoms with van der Waals surface area (Å²) in [5, 5.41) is 14.2. The first-order valence-corrected chi connectivity index (χ1v) is 14.0. The zero-order valence-electron chi connectivity index (χ0n) is 21.1. The van der Waals surface area contributed by atoms with E-state index in [1.165, 1.54) is 31.0 Å². The number of nitrogens with one attached hydrogen (secondary N) is 2. The van der Waals surface area contributed by atoms with Crippen molar-refractivity contribution in [2.24, 2.45) is 0 Å². The third-order valence-electron chi connectivity index (χ3n) is 6.74. The van der Waals surface area contributed by atoms with Gasteiger partial charge >= 0.3 is 0 Å². The Morgan fingerprint density at radius 2 is 2.03 bits per heavy atom. The maximum absolute atomic E-state index is 13.4. The molecule has 3 atom stereocenters. The van der Waals surface area contributed by atoms with Gasteiger partial charge in [-0.05, 0) is 81.1 Å². The average Bonchev–Trinajstić information content (AvgIpc) is 3.21. The number of rotatable bonds is 5. The number of aromatic nitrogens is 1. The molecule has 0 aliphatic carbocycles. The van der Waals surface area contributed by atoms with Gasteiger partial charge in [0.25, 0.3) is 16.4 Å². The van der Waals surface area contributed by atoms with Crippen molar-refractivity contribution in [2.75, 3.05) is 16.2 Å². The normalized spacial score (nSPS) is 19.6. The van der Waals surface area contributed by atoms with Gasteiger partial charge in [0.15, 0.2) is 0 Å². The highest BCUT2D eigenvalue weighted by atomic mass is 32.2. The number of aryl methyl sites for hydroxylation is 1. The largest absolute Gasteiger partial charge is 0.444 e. The van der Waals surface area contributed by atoms with Gasteiger partial charge in [-0.1, -0.05) is 30.0 Å². The molecule has 8 nitrogen and oxygen atoms in total. The number of pyridine rings is 1. The molecule has 2 aromatic carbocycles. The lowest BCUT2D eigenvalue weighted by molar-refractivity contribution is -0.00771. The quantitative estimate of drug-likeness (QED) is 0.334. The third-order valence-corrected chi connectivity index (χ3v) is 8.23. The van der Waals surface area contributed by atoms with E-state index in [9.17, 15) is 17.9 Å². The molecular formula is C28H29FN4O4S. The molecule has 3 aromatic rings. The molecule has 2 aliphatic rings. The van der Waals surface area contributed by atoms with Crippen LogP contribution in [0.15, 0.2) is 59.5 Å². The predicted octanol–water partition coefficient (Wildman–Crippen LogP) is 4.06. The molecule has 2 aliphatic heterocycles. The van der Waals surface area contributed by atoms with Crippen LogP contribution in [0.5, 0.6) is 5.75 Å². The monoisotopic (exact) mass is 536 g/mol. The maximum atomic E-state index is 13.4. The number of nitrogens with zero attached hydrogens (tertiary/aromatic N) is 2. The number of hydrogen-bond acceptors (Lipinski definition) is 7. The van der Waals surface area contributed by atoms with Gasteiger partial charge < -0.3 is 20.1 Å². The number of anilines is 2. The minimum Gasteiger partial charge on any atom is -0.444 e. The SMILES string of the molecule is Cc1cc2c(cc1S(=O)(=O)Nc1cccc(F)n1)OC(O)N2[C@H](C)c1cccc(C#CC2CCCCN2)c1. The minimum atomic E-state index is -4.09. The Morgan fingerprint density at radius 1 is 1.21 bits per heavy atom. The van der Waals surface area contributed by atoms with Crippen LogP contribution >= 0.6 is 0 Å². The van der Waals surface area contributed by atoms with E-state index in [1.807, 2.05) is 31.2 Å². The van der Waals surface area contributed by atoms with E-state index in [2.05, 4.69) is 26.9 Å². The van der Waals surface area contributed by atoms with Crippen molar-refractivity contribution in [1.82, 2.24) is 10.3 Å². The fourth-order valence-corrected chi connectivity index (χ4v) is 6.01. The fourth-order valence-electron chi connectivity index (χ4n) is 4.77. The second-order valence-electron chi connectivity index (χ2n) is 9.46. The van der Waals surface area contributed by atoms with Crippen molar-refractivity contribution in [3.63, 3.8) is 0 Å². The van der Waals surface area contributed by atoms with E-state index in [0.717, 1.165) is 30.2 Å². The Bertz CT molecular complexity index is 1510. The second-order valence-corrected chi connectivity index (χ2v) is 11.1. The second kappa shape index (κ2) is 10.6. The summed E-state index contributed by atoms with van der Waals surface area (Å²) in [6.07, 6.45) is 2.09. The third kappa shape index (κ3) is 5.45. The minimum absolute atomic E-state index is 0.0578. The van der Waals surface area contributed by atoms with Gasteiger partial charge in [-0.3, -0.25) is 4.72 Å². The summed E-state index contributed by atoms with van der Waals surface area (Å²) < 4.78 is 47.5. The van der Waals surface area contributed by atoms with E-state index in [4.69, 9.17) is 4.74 Å². The molecule has 1 aromatic heterocycles. The molecule has 5 rings (SSSR count). The summed E-state index contributed by atoms with van der Waals surface area (Å²) >= 11 is 0. The molecule has 2 unspecified atom stereocenters. The van der Waals surface area contributed by atoms with Crippen molar-refractivity contribution < 1.29 is 22.7 Å². The summed E-state index contributed by atoms with van der Waals surface area (Å²) in [6.45, 7) is 4.58. The van der Waals surface area contributed by atoms with Crippen LogP contribution in [-0.2, 0) is 10.0 Å². The first-order chi connectivity index (χ1) is 18.2. The van der Waals surface area contributed by atoms with Gasteiger partial charge in [-0.25, -0.2) is 13.4 Å². The molecule has 1 fully saturated rings. The Morgan fingerprint density at radius 3 is 2.79 bits per heavy atom.